The minimum atomic E-state index is -0.468. The lowest BCUT2D eigenvalue weighted by atomic mass is 11.0. The molecule has 0 aliphatic carbocycles. The highest BCUT2D eigenvalue weighted by Gasteiger charge is 1.96. The van der Waals surface area contributed by atoms with Crippen LogP contribution in [-0.2, 0) is 0 Å². The van der Waals surface area contributed by atoms with Crippen LogP contribution in [0, 0.1) is 0 Å². The molecule has 0 unspecified atom stereocenters. The van der Waals surface area contributed by atoms with Crippen LogP contribution >= 0.6 is 20.7 Å². The zero-order chi connectivity index (χ0) is 5.21. The molecule has 0 spiro atoms. The predicted molar refractivity (Wildman–Crippen MR) is 39.0 cm³/mol. The highest BCUT2D eigenvalue weighted by Crippen LogP contribution is 2.43. The molecule has 0 heterocycles. The van der Waals surface area contributed by atoms with Crippen LogP contribution in [0.2, 0.25) is 0 Å². The van der Waals surface area contributed by atoms with E-state index in [-0.39, 0.29) is 0 Å². The Hall–Kier alpha value is 0.700. The first-order chi connectivity index (χ1) is 2.56. The van der Waals surface area contributed by atoms with E-state index >= 15 is 0 Å². The molecular weight excluding hydrogens is 112 g/mol. The van der Waals surface area contributed by atoms with E-state index in [9.17, 15) is 0 Å². The molecule has 0 aromatic rings. The smallest absolute Gasteiger partial charge is 0.0177 e. The van der Waals surface area contributed by atoms with Gasteiger partial charge in [0, 0.05) is 0 Å². The number of rotatable bonds is 1. The van der Waals surface area contributed by atoms with Crippen LogP contribution in [0.15, 0.2) is 0 Å². The van der Waals surface area contributed by atoms with Crippen molar-refractivity contribution in [2.24, 2.45) is 0 Å². The van der Waals surface area contributed by atoms with E-state index in [0.717, 1.165) is 0 Å². The second-order valence-electron chi connectivity index (χ2n) is 1.77. The van der Waals surface area contributed by atoms with Crippen molar-refractivity contribution in [3.05, 3.63) is 0 Å². The summed E-state index contributed by atoms with van der Waals surface area (Å²) in [6.45, 7) is 2.17. The fourth-order valence-electron chi connectivity index (χ4n) is 0. The van der Waals surface area contributed by atoms with Crippen molar-refractivity contribution < 1.29 is 0 Å². The second-order valence-corrected chi connectivity index (χ2v) is 8.27. The predicted octanol–water partition coefficient (Wildman–Crippen LogP) is 1.92. The molecular formula is C4H12S2. The molecule has 0 fully saturated rings. The van der Waals surface area contributed by atoms with Crippen molar-refractivity contribution in [3.8, 4) is 0 Å². The summed E-state index contributed by atoms with van der Waals surface area (Å²) in [6, 6.07) is 0. The second kappa shape index (κ2) is 2.12. The Balaban J connectivity index is 3.17. The molecule has 0 rings (SSSR count). The van der Waals surface area contributed by atoms with Gasteiger partial charge in [0.1, 0.15) is 0 Å². The Morgan fingerprint density at radius 3 is 1.67 bits per heavy atom. The lowest BCUT2D eigenvalue weighted by molar-refractivity contribution is 1.51. The fraction of sp³-hybridized carbons (Fsp3) is 1.00. The number of thiol groups is 1. The Bertz CT molecular complexity index is 35.3. The Kier molecular flexibility index (Phi) is 2.37. The maximum atomic E-state index is 4.34. The monoisotopic (exact) mass is 124 g/mol. The highest BCUT2D eigenvalue weighted by molar-refractivity contribution is 8.87. The summed E-state index contributed by atoms with van der Waals surface area (Å²) in [5, 5.41) is 0. The van der Waals surface area contributed by atoms with Crippen LogP contribution in [0.25, 0.3) is 0 Å². The van der Waals surface area contributed by atoms with Gasteiger partial charge in [-0.15, -0.1) is 11.7 Å². The van der Waals surface area contributed by atoms with Gasteiger partial charge in [0.25, 0.3) is 0 Å². The highest BCUT2D eigenvalue weighted by atomic mass is 33.1. The lowest BCUT2D eigenvalue weighted by Gasteiger charge is -2.19. The van der Waals surface area contributed by atoms with Crippen LogP contribution in [0.3, 0.4) is 0 Å². The number of hydrogen-bond donors (Lipinski definition) is 1. The third kappa shape index (κ3) is 4.70. The van der Waals surface area contributed by atoms with Crippen LogP contribution in [0.4, 0.5) is 0 Å². The average Bonchev–Trinajstić information content (AvgIpc) is 1.35. The molecule has 0 saturated carbocycles. The van der Waals surface area contributed by atoms with Gasteiger partial charge in [-0.3, -0.25) is 0 Å². The van der Waals surface area contributed by atoms with Gasteiger partial charge in [-0.05, 0) is 18.3 Å². The molecule has 0 saturated heterocycles. The molecule has 0 aromatic heterocycles. The summed E-state index contributed by atoms with van der Waals surface area (Å²) in [4.78, 5) is 0. The summed E-state index contributed by atoms with van der Waals surface area (Å²) < 4.78 is 0. The SMILES string of the molecule is CCS(C)(C)S. The van der Waals surface area contributed by atoms with Crippen molar-refractivity contribution in [1.82, 2.24) is 0 Å². The molecule has 0 aromatic carbocycles. The number of hydrogen-bond acceptors (Lipinski definition) is 1. The van der Waals surface area contributed by atoms with Crippen LogP contribution < -0.4 is 0 Å². The van der Waals surface area contributed by atoms with E-state index in [1.807, 2.05) is 0 Å². The first-order valence-corrected chi connectivity index (χ1v) is 5.67. The van der Waals surface area contributed by atoms with E-state index in [1.165, 1.54) is 5.75 Å². The van der Waals surface area contributed by atoms with Crippen LogP contribution in [-0.4, -0.2) is 18.3 Å². The largest absolute Gasteiger partial charge is 0.202 e. The Morgan fingerprint density at radius 1 is 1.50 bits per heavy atom. The van der Waals surface area contributed by atoms with E-state index in [2.05, 4.69) is 31.1 Å². The third-order valence-corrected chi connectivity index (χ3v) is 2.89. The molecule has 0 bridgehead atoms. The molecule has 40 valence electrons. The van der Waals surface area contributed by atoms with Gasteiger partial charge in [0.05, 0.1) is 0 Å². The quantitative estimate of drug-likeness (QED) is 0.401. The zero-order valence-electron chi connectivity index (χ0n) is 4.56. The zero-order valence-corrected chi connectivity index (χ0v) is 6.27. The normalized spacial score (nSPS) is 14.7. The summed E-state index contributed by atoms with van der Waals surface area (Å²) in [6.07, 6.45) is 4.38. The summed E-state index contributed by atoms with van der Waals surface area (Å²) in [5.41, 5.74) is 0. The van der Waals surface area contributed by atoms with Gasteiger partial charge >= 0.3 is 0 Å². The van der Waals surface area contributed by atoms with Gasteiger partial charge in [-0.2, -0.15) is 0 Å². The first-order valence-electron chi connectivity index (χ1n) is 1.99. The van der Waals surface area contributed by atoms with Gasteiger partial charge < -0.3 is 0 Å². The minimum Gasteiger partial charge on any atom is -0.202 e. The van der Waals surface area contributed by atoms with Crippen molar-refractivity contribution in [1.29, 1.82) is 0 Å². The van der Waals surface area contributed by atoms with Gasteiger partial charge in [-0.25, -0.2) is 9.06 Å². The van der Waals surface area contributed by atoms with Crippen molar-refractivity contribution in [3.63, 3.8) is 0 Å². The van der Waals surface area contributed by atoms with Gasteiger partial charge in [0.15, 0.2) is 0 Å². The first kappa shape index (κ1) is 6.70. The molecule has 0 radical (unpaired) electrons. The molecule has 0 aliphatic heterocycles. The standard InChI is InChI=1S/C4H12S2/c1-4-6(2,3)5/h5H,4H2,1-3H3. The van der Waals surface area contributed by atoms with E-state index in [0.29, 0.717) is 0 Å². The van der Waals surface area contributed by atoms with E-state index in [1.54, 1.807) is 0 Å². The molecule has 0 amide bonds. The molecule has 0 N–H and O–H groups in total. The van der Waals surface area contributed by atoms with Crippen molar-refractivity contribution >= 4 is 20.7 Å². The summed E-state index contributed by atoms with van der Waals surface area (Å²) in [5.74, 6) is 1.22. The fourth-order valence-corrected chi connectivity index (χ4v) is 0. The van der Waals surface area contributed by atoms with Crippen molar-refractivity contribution in [2.75, 3.05) is 18.3 Å². The molecule has 0 nitrogen and oxygen atoms in total. The minimum absolute atomic E-state index is 0.468. The maximum Gasteiger partial charge on any atom is -0.0177 e. The Morgan fingerprint density at radius 2 is 1.67 bits per heavy atom. The maximum absolute atomic E-state index is 4.34. The topological polar surface area (TPSA) is 0 Å². The summed E-state index contributed by atoms with van der Waals surface area (Å²) in [7, 11) is -0.468. The van der Waals surface area contributed by atoms with Gasteiger partial charge in [-0.1, -0.05) is 6.92 Å². The molecule has 0 aliphatic rings. The molecule has 0 atom stereocenters. The molecule has 2 heteroatoms. The van der Waals surface area contributed by atoms with E-state index in [4.69, 9.17) is 0 Å². The van der Waals surface area contributed by atoms with Crippen LogP contribution in [0.5, 0.6) is 0 Å². The average molecular weight is 124 g/mol. The lowest BCUT2D eigenvalue weighted by Crippen LogP contribution is -1.85. The van der Waals surface area contributed by atoms with Gasteiger partial charge in [0.2, 0.25) is 0 Å². The third-order valence-electron chi connectivity index (χ3n) is 0.706. The summed E-state index contributed by atoms with van der Waals surface area (Å²) >= 11 is 4.34. The Labute approximate surface area is 46.4 Å². The van der Waals surface area contributed by atoms with Crippen LogP contribution in [0.1, 0.15) is 6.92 Å². The molecule has 6 heavy (non-hydrogen) atoms. The van der Waals surface area contributed by atoms with E-state index < -0.39 is 9.06 Å². The van der Waals surface area contributed by atoms with Crippen molar-refractivity contribution in [2.45, 2.75) is 6.92 Å².